The van der Waals surface area contributed by atoms with Crippen LogP contribution in [0.5, 0.6) is 0 Å². The highest BCUT2D eigenvalue weighted by molar-refractivity contribution is 7.91. The lowest BCUT2D eigenvalue weighted by atomic mass is 10.1. The van der Waals surface area contributed by atoms with E-state index in [-0.39, 0.29) is 11.8 Å². The largest absolute Gasteiger partial charge is 0.329 e. The zero-order valence-electron chi connectivity index (χ0n) is 8.08. The first-order chi connectivity index (χ1) is 5.38. The highest BCUT2D eigenvalue weighted by Gasteiger charge is 2.18. The summed E-state index contributed by atoms with van der Waals surface area (Å²) in [6.45, 7) is 4.40. The predicted molar refractivity (Wildman–Crippen MR) is 51.8 cm³/mol. The monoisotopic (exact) mass is 193 g/mol. The Kier molecular flexibility index (Phi) is 4.78. The van der Waals surface area contributed by atoms with E-state index in [4.69, 9.17) is 5.73 Å². The van der Waals surface area contributed by atoms with Gasteiger partial charge in [-0.15, -0.1) is 0 Å². The van der Waals surface area contributed by atoms with E-state index in [1.165, 1.54) is 6.26 Å². The third-order valence-corrected chi connectivity index (χ3v) is 3.57. The average Bonchev–Trinajstić information content (AvgIpc) is 1.85. The minimum absolute atomic E-state index is 0.242. The molecule has 0 rings (SSSR count). The quantitative estimate of drug-likeness (QED) is 0.702. The molecule has 0 aromatic rings. The maximum absolute atomic E-state index is 11.1. The van der Waals surface area contributed by atoms with Gasteiger partial charge in [0.2, 0.25) is 0 Å². The molecular formula is C8H19NO2S. The van der Waals surface area contributed by atoms with E-state index >= 15 is 0 Å². The molecule has 0 aromatic carbocycles. The predicted octanol–water partition coefficient (Wildman–Crippen LogP) is 0.795. The molecule has 4 heteroatoms. The molecule has 0 aliphatic carbocycles. The number of hydrogen-bond donors (Lipinski definition) is 1. The van der Waals surface area contributed by atoms with Gasteiger partial charge in [0.05, 0.1) is 5.25 Å². The van der Waals surface area contributed by atoms with Crippen molar-refractivity contribution in [3.05, 3.63) is 0 Å². The minimum Gasteiger partial charge on any atom is -0.329 e. The van der Waals surface area contributed by atoms with Crippen molar-refractivity contribution in [1.82, 2.24) is 0 Å². The minimum atomic E-state index is -2.94. The Morgan fingerprint density at radius 3 is 2.00 bits per heavy atom. The van der Waals surface area contributed by atoms with Gasteiger partial charge < -0.3 is 5.73 Å². The second-order valence-corrected chi connectivity index (χ2v) is 5.98. The first kappa shape index (κ1) is 11.9. The summed E-state index contributed by atoms with van der Waals surface area (Å²) in [6.07, 6.45) is 2.87. The molecule has 0 heterocycles. The van der Waals surface area contributed by atoms with Gasteiger partial charge in [0, 0.05) is 12.8 Å². The van der Waals surface area contributed by atoms with E-state index in [0.717, 1.165) is 6.42 Å². The molecule has 2 N–H and O–H groups in total. The normalized spacial score (nSPS) is 15.1. The van der Waals surface area contributed by atoms with E-state index in [2.05, 4.69) is 13.8 Å². The lowest BCUT2D eigenvalue weighted by molar-refractivity contribution is 0.524. The number of rotatable bonds is 5. The van der Waals surface area contributed by atoms with Crippen LogP contribution in [0.3, 0.4) is 0 Å². The van der Waals surface area contributed by atoms with Crippen LogP contribution < -0.4 is 5.73 Å². The molecular weight excluding hydrogens is 174 g/mol. The standard InChI is InChI=1S/C8H19NO2S/c1-7(2)4-5-8(6-9)12(3,10)11/h7-8H,4-6,9H2,1-3H3. The molecule has 12 heavy (non-hydrogen) atoms. The third kappa shape index (κ3) is 4.72. The number of nitrogens with two attached hydrogens (primary N) is 1. The summed E-state index contributed by atoms with van der Waals surface area (Å²) in [7, 11) is -2.94. The fraction of sp³-hybridized carbons (Fsp3) is 1.00. The summed E-state index contributed by atoms with van der Waals surface area (Å²) in [5.41, 5.74) is 5.37. The van der Waals surface area contributed by atoms with Crippen molar-refractivity contribution in [3.8, 4) is 0 Å². The molecule has 0 bridgehead atoms. The summed E-state index contributed by atoms with van der Waals surface area (Å²) >= 11 is 0. The van der Waals surface area contributed by atoms with E-state index in [9.17, 15) is 8.42 Å². The number of hydrogen-bond acceptors (Lipinski definition) is 3. The molecule has 1 atom stereocenters. The first-order valence-corrected chi connectivity index (χ1v) is 6.22. The third-order valence-electron chi connectivity index (χ3n) is 1.93. The van der Waals surface area contributed by atoms with Crippen LogP contribution in [0.25, 0.3) is 0 Å². The Morgan fingerprint density at radius 2 is 1.75 bits per heavy atom. The van der Waals surface area contributed by atoms with Crippen LogP contribution in [0.1, 0.15) is 26.7 Å². The lowest BCUT2D eigenvalue weighted by Gasteiger charge is -2.13. The Hall–Kier alpha value is -0.0900. The van der Waals surface area contributed by atoms with Gasteiger partial charge in [0.1, 0.15) is 0 Å². The molecule has 0 saturated heterocycles. The van der Waals surface area contributed by atoms with Gasteiger partial charge >= 0.3 is 0 Å². The van der Waals surface area contributed by atoms with Crippen molar-refractivity contribution in [2.75, 3.05) is 12.8 Å². The van der Waals surface area contributed by atoms with Crippen LogP contribution >= 0.6 is 0 Å². The highest BCUT2D eigenvalue weighted by atomic mass is 32.2. The zero-order chi connectivity index (χ0) is 9.78. The Morgan fingerprint density at radius 1 is 1.25 bits per heavy atom. The Bertz CT molecular complexity index is 209. The number of sulfone groups is 1. The summed E-state index contributed by atoms with van der Waals surface area (Å²) in [6, 6.07) is 0. The SMILES string of the molecule is CC(C)CCC(CN)S(C)(=O)=O. The molecule has 1 unspecified atom stereocenters. The van der Waals surface area contributed by atoms with Crippen LogP contribution in [0.15, 0.2) is 0 Å². The molecule has 0 fully saturated rings. The fourth-order valence-electron chi connectivity index (χ4n) is 1.03. The molecule has 0 aliphatic heterocycles. The molecule has 0 aromatic heterocycles. The molecule has 0 radical (unpaired) electrons. The summed E-state index contributed by atoms with van der Waals surface area (Å²) < 4.78 is 22.2. The van der Waals surface area contributed by atoms with Crippen molar-refractivity contribution in [3.63, 3.8) is 0 Å². The van der Waals surface area contributed by atoms with Gasteiger partial charge in [-0.1, -0.05) is 13.8 Å². The molecule has 3 nitrogen and oxygen atoms in total. The summed E-state index contributed by atoms with van der Waals surface area (Å²) in [5.74, 6) is 0.542. The highest BCUT2D eigenvalue weighted by Crippen LogP contribution is 2.11. The van der Waals surface area contributed by atoms with Crippen molar-refractivity contribution in [2.45, 2.75) is 31.9 Å². The van der Waals surface area contributed by atoms with Gasteiger partial charge in [-0.3, -0.25) is 0 Å². The van der Waals surface area contributed by atoms with Crippen molar-refractivity contribution < 1.29 is 8.42 Å². The van der Waals surface area contributed by atoms with Gasteiger partial charge in [0.25, 0.3) is 0 Å². The van der Waals surface area contributed by atoms with Gasteiger partial charge in [0.15, 0.2) is 9.84 Å². The molecule has 74 valence electrons. The maximum atomic E-state index is 11.1. The molecule has 0 amide bonds. The zero-order valence-corrected chi connectivity index (χ0v) is 8.89. The maximum Gasteiger partial charge on any atom is 0.151 e. The van der Waals surface area contributed by atoms with Crippen molar-refractivity contribution in [2.24, 2.45) is 11.7 Å². The van der Waals surface area contributed by atoms with E-state index < -0.39 is 9.84 Å². The van der Waals surface area contributed by atoms with Crippen molar-refractivity contribution in [1.29, 1.82) is 0 Å². The van der Waals surface area contributed by atoms with Crippen LogP contribution in [-0.4, -0.2) is 26.5 Å². The summed E-state index contributed by atoms with van der Waals surface area (Å²) in [4.78, 5) is 0. The second kappa shape index (κ2) is 4.82. The van der Waals surface area contributed by atoms with Crippen LogP contribution in [-0.2, 0) is 9.84 Å². The van der Waals surface area contributed by atoms with Crippen LogP contribution in [0.4, 0.5) is 0 Å². The first-order valence-electron chi connectivity index (χ1n) is 4.26. The average molecular weight is 193 g/mol. The van der Waals surface area contributed by atoms with Crippen LogP contribution in [0, 0.1) is 5.92 Å². The smallest absolute Gasteiger partial charge is 0.151 e. The molecule has 0 aliphatic rings. The van der Waals surface area contributed by atoms with E-state index in [1.807, 2.05) is 0 Å². The Balaban J connectivity index is 4.03. The molecule has 0 spiro atoms. The van der Waals surface area contributed by atoms with E-state index in [1.54, 1.807) is 0 Å². The fourth-order valence-corrected chi connectivity index (χ4v) is 1.94. The summed E-state index contributed by atoms with van der Waals surface area (Å²) in [5, 5.41) is -0.347. The Labute approximate surface area is 75.3 Å². The van der Waals surface area contributed by atoms with Crippen molar-refractivity contribution >= 4 is 9.84 Å². The van der Waals surface area contributed by atoms with Gasteiger partial charge in [-0.05, 0) is 18.8 Å². The van der Waals surface area contributed by atoms with Crippen LogP contribution in [0.2, 0.25) is 0 Å². The van der Waals surface area contributed by atoms with E-state index in [0.29, 0.717) is 12.3 Å². The molecule has 0 saturated carbocycles. The van der Waals surface area contributed by atoms with Gasteiger partial charge in [-0.2, -0.15) is 0 Å². The second-order valence-electron chi connectivity index (χ2n) is 3.66. The topological polar surface area (TPSA) is 60.2 Å². The van der Waals surface area contributed by atoms with Gasteiger partial charge in [-0.25, -0.2) is 8.42 Å². The lowest BCUT2D eigenvalue weighted by Crippen LogP contribution is -2.29.